The number of aromatic nitrogens is 3. The molecule has 0 saturated heterocycles. The predicted octanol–water partition coefficient (Wildman–Crippen LogP) is 6.85. The van der Waals surface area contributed by atoms with Gasteiger partial charge in [-0.1, -0.05) is 50.3 Å². The highest BCUT2D eigenvalue weighted by molar-refractivity contribution is 8.01. The van der Waals surface area contributed by atoms with Crippen LogP contribution in [0.3, 0.4) is 0 Å². The molecule has 0 saturated carbocycles. The smallest absolute Gasteiger partial charge is 0.355 e. The van der Waals surface area contributed by atoms with Crippen molar-refractivity contribution in [2.45, 2.75) is 56.4 Å². The second-order valence-electron chi connectivity index (χ2n) is 8.44. The van der Waals surface area contributed by atoms with Gasteiger partial charge in [-0.15, -0.1) is 11.8 Å². The zero-order valence-electron chi connectivity index (χ0n) is 18.6. The van der Waals surface area contributed by atoms with E-state index in [0.717, 1.165) is 29.2 Å². The van der Waals surface area contributed by atoms with Gasteiger partial charge in [0, 0.05) is 10.8 Å². The van der Waals surface area contributed by atoms with Crippen LogP contribution in [-0.2, 0) is 0 Å². The molecule has 0 fully saturated rings. The van der Waals surface area contributed by atoms with Crippen molar-refractivity contribution in [2.75, 3.05) is 0 Å². The van der Waals surface area contributed by atoms with Crippen LogP contribution in [0.4, 0.5) is 4.39 Å². The summed E-state index contributed by atoms with van der Waals surface area (Å²) in [7, 11) is 0. The summed E-state index contributed by atoms with van der Waals surface area (Å²) >= 11 is 3.20. The van der Waals surface area contributed by atoms with Gasteiger partial charge in [-0.05, 0) is 55.4 Å². The first kappa shape index (κ1) is 22.7. The lowest BCUT2D eigenvalue weighted by Crippen LogP contribution is -2.09. The highest BCUT2D eigenvalue weighted by Crippen LogP contribution is 2.41. The van der Waals surface area contributed by atoms with E-state index in [1.807, 2.05) is 0 Å². The number of aromatic carboxylic acids is 1. The molecule has 1 aliphatic carbocycles. The Bertz CT molecular complexity index is 1200. The molecule has 1 aromatic carbocycles. The van der Waals surface area contributed by atoms with Crippen molar-refractivity contribution in [1.82, 2.24) is 14.8 Å². The van der Waals surface area contributed by atoms with Gasteiger partial charge in [0.1, 0.15) is 5.82 Å². The number of halogens is 1. The van der Waals surface area contributed by atoms with E-state index in [1.54, 1.807) is 30.8 Å². The molecule has 1 aliphatic rings. The molecule has 0 aliphatic heterocycles. The van der Waals surface area contributed by atoms with Crippen LogP contribution in [0.2, 0.25) is 0 Å². The fourth-order valence-corrected chi connectivity index (χ4v) is 6.42. The van der Waals surface area contributed by atoms with Crippen molar-refractivity contribution in [1.29, 1.82) is 0 Å². The SMILES string of the molecule is Cc1nn(-c2nc(C3=CCC(C)CC3)c(SC(C)C)s2)c(C(=O)O)c1-c1cccc(F)c1. The molecule has 2 aromatic heterocycles. The fraction of sp³-hybridized carbons (Fsp3) is 0.375. The Kier molecular flexibility index (Phi) is 6.53. The van der Waals surface area contributed by atoms with Gasteiger partial charge in [-0.25, -0.2) is 14.2 Å². The molecule has 2 heterocycles. The zero-order chi connectivity index (χ0) is 23.0. The van der Waals surface area contributed by atoms with E-state index in [-0.39, 0.29) is 5.69 Å². The standard InChI is InChI=1S/C24H26FN3O2S2/c1-13(2)31-23-20(16-10-8-14(3)9-11-16)26-24(32-23)28-21(22(29)30)19(15(4)27-28)17-6-5-7-18(25)12-17/h5-7,10,12-14H,8-9,11H2,1-4H3,(H,29,30). The van der Waals surface area contributed by atoms with Gasteiger partial charge in [0.15, 0.2) is 5.69 Å². The highest BCUT2D eigenvalue weighted by atomic mass is 32.2. The lowest BCUT2D eigenvalue weighted by molar-refractivity contribution is 0.0688. The fourth-order valence-electron chi connectivity index (χ4n) is 3.92. The molecule has 0 bridgehead atoms. The van der Waals surface area contributed by atoms with Crippen molar-refractivity contribution in [3.8, 4) is 16.3 Å². The summed E-state index contributed by atoms with van der Waals surface area (Å²) in [6.45, 7) is 8.26. The molecule has 0 radical (unpaired) electrons. The average Bonchev–Trinajstić information content (AvgIpc) is 3.29. The number of carboxylic acids is 1. The third-order valence-corrected chi connectivity index (χ3v) is 7.71. The molecule has 3 aromatic rings. The van der Waals surface area contributed by atoms with Crippen molar-refractivity contribution < 1.29 is 14.3 Å². The number of carboxylic acid groups (broad SMARTS) is 1. The van der Waals surface area contributed by atoms with Crippen LogP contribution in [0.25, 0.3) is 21.8 Å². The molecule has 8 heteroatoms. The molecule has 1 atom stereocenters. The number of hydrogen-bond donors (Lipinski definition) is 1. The normalized spacial score (nSPS) is 16.4. The number of aryl methyl sites for hydroxylation is 1. The van der Waals surface area contributed by atoms with Crippen molar-refractivity contribution >= 4 is 34.6 Å². The van der Waals surface area contributed by atoms with Crippen molar-refractivity contribution in [3.63, 3.8) is 0 Å². The van der Waals surface area contributed by atoms with E-state index in [4.69, 9.17) is 4.98 Å². The van der Waals surface area contributed by atoms with Crippen LogP contribution < -0.4 is 0 Å². The summed E-state index contributed by atoms with van der Waals surface area (Å²) in [5.41, 5.74) is 3.59. The van der Waals surface area contributed by atoms with Gasteiger partial charge in [0.05, 0.1) is 15.6 Å². The Morgan fingerprint density at radius 1 is 1.38 bits per heavy atom. The Labute approximate surface area is 195 Å². The Balaban J connectivity index is 1.87. The Morgan fingerprint density at radius 2 is 2.16 bits per heavy atom. The van der Waals surface area contributed by atoms with Gasteiger partial charge >= 0.3 is 5.97 Å². The number of carbonyl (C=O) groups is 1. The zero-order valence-corrected chi connectivity index (χ0v) is 20.2. The summed E-state index contributed by atoms with van der Waals surface area (Å²) in [4.78, 5) is 17.2. The molecule has 1 N–H and O–H groups in total. The summed E-state index contributed by atoms with van der Waals surface area (Å²) < 4.78 is 16.3. The highest BCUT2D eigenvalue weighted by Gasteiger charge is 2.27. The lowest BCUT2D eigenvalue weighted by Gasteiger charge is -2.18. The number of rotatable bonds is 6. The monoisotopic (exact) mass is 471 g/mol. The first-order chi connectivity index (χ1) is 15.2. The van der Waals surface area contributed by atoms with E-state index in [2.05, 4.69) is 31.9 Å². The van der Waals surface area contributed by atoms with Crippen LogP contribution >= 0.6 is 23.1 Å². The quantitative estimate of drug-likeness (QED) is 0.398. The van der Waals surface area contributed by atoms with Gasteiger partial charge in [0.2, 0.25) is 5.13 Å². The first-order valence-corrected chi connectivity index (χ1v) is 12.4. The summed E-state index contributed by atoms with van der Waals surface area (Å²) in [5, 5.41) is 15.5. The molecular weight excluding hydrogens is 445 g/mol. The third-order valence-electron chi connectivity index (χ3n) is 5.46. The molecule has 4 rings (SSSR count). The van der Waals surface area contributed by atoms with E-state index >= 15 is 0 Å². The predicted molar refractivity (Wildman–Crippen MR) is 128 cm³/mol. The maximum atomic E-state index is 13.9. The number of hydrogen-bond acceptors (Lipinski definition) is 5. The van der Waals surface area contributed by atoms with Gasteiger partial charge in [0.25, 0.3) is 0 Å². The minimum Gasteiger partial charge on any atom is -0.476 e. The number of allylic oxidation sites excluding steroid dienone is 2. The first-order valence-electron chi connectivity index (χ1n) is 10.7. The van der Waals surface area contributed by atoms with Gasteiger partial charge in [-0.2, -0.15) is 9.78 Å². The van der Waals surface area contributed by atoms with E-state index in [1.165, 1.54) is 33.7 Å². The average molecular weight is 472 g/mol. The molecule has 5 nitrogen and oxygen atoms in total. The summed E-state index contributed by atoms with van der Waals surface area (Å²) in [5.74, 6) is -0.874. The van der Waals surface area contributed by atoms with E-state index < -0.39 is 11.8 Å². The number of thioether (sulfide) groups is 1. The van der Waals surface area contributed by atoms with Crippen molar-refractivity contribution in [2.24, 2.45) is 5.92 Å². The van der Waals surface area contributed by atoms with E-state index in [9.17, 15) is 14.3 Å². The molecule has 0 spiro atoms. The van der Waals surface area contributed by atoms with Crippen LogP contribution in [-0.4, -0.2) is 31.1 Å². The molecular formula is C24H26FN3O2S2. The molecule has 168 valence electrons. The maximum Gasteiger partial charge on any atom is 0.355 e. The van der Waals surface area contributed by atoms with Crippen LogP contribution in [0.15, 0.2) is 34.6 Å². The van der Waals surface area contributed by atoms with Crippen LogP contribution in [0, 0.1) is 18.7 Å². The maximum absolute atomic E-state index is 13.9. The van der Waals surface area contributed by atoms with Crippen LogP contribution in [0.5, 0.6) is 0 Å². The van der Waals surface area contributed by atoms with Crippen molar-refractivity contribution in [3.05, 3.63) is 53.2 Å². The van der Waals surface area contributed by atoms with E-state index in [0.29, 0.717) is 33.1 Å². The van der Waals surface area contributed by atoms with Gasteiger partial charge < -0.3 is 5.11 Å². The third kappa shape index (κ3) is 4.52. The largest absolute Gasteiger partial charge is 0.476 e. The molecule has 0 amide bonds. The number of benzene rings is 1. The molecule has 1 unspecified atom stereocenters. The van der Waals surface area contributed by atoms with Crippen LogP contribution in [0.1, 0.15) is 61.9 Å². The number of nitrogens with zero attached hydrogens (tertiary/aromatic N) is 3. The minimum absolute atomic E-state index is 0.000688. The number of thiazole rings is 1. The van der Waals surface area contributed by atoms with Gasteiger partial charge in [-0.3, -0.25) is 0 Å². The Hall–Kier alpha value is -2.45. The topological polar surface area (TPSA) is 68.0 Å². The summed E-state index contributed by atoms with van der Waals surface area (Å²) in [6.07, 6.45) is 5.38. The molecule has 32 heavy (non-hydrogen) atoms. The second kappa shape index (κ2) is 9.19. The Morgan fingerprint density at radius 3 is 2.78 bits per heavy atom. The summed E-state index contributed by atoms with van der Waals surface area (Å²) in [6, 6.07) is 5.95. The second-order valence-corrected chi connectivity index (χ2v) is 11.3. The minimum atomic E-state index is -1.12. The lowest BCUT2D eigenvalue weighted by atomic mass is 9.90.